The zero-order valence-corrected chi connectivity index (χ0v) is 19.3. The molecular weight excluding hydrogens is 464 g/mol. The predicted molar refractivity (Wildman–Crippen MR) is 124 cm³/mol. The number of piperidine rings is 1. The van der Waals surface area contributed by atoms with Gasteiger partial charge in [0.2, 0.25) is 0 Å². The largest absolute Gasteiger partial charge is 0.489 e. The quantitative estimate of drug-likeness (QED) is 0.669. The molecule has 0 aliphatic carbocycles. The second-order valence-corrected chi connectivity index (χ2v) is 9.49. The number of ether oxygens (including phenoxy) is 1. The van der Waals surface area contributed by atoms with Gasteiger partial charge in [0, 0.05) is 48.4 Å². The van der Waals surface area contributed by atoms with Gasteiger partial charge in [-0.15, -0.1) is 0 Å². The lowest BCUT2D eigenvalue weighted by Crippen LogP contribution is -2.47. The zero-order chi connectivity index (χ0) is 23.8. The number of halogens is 3. The Hall–Kier alpha value is -2.78. The van der Waals surface area contributed by atoms with Crippen LogP contribution in [-0.4, -0.2) is 70.2 Å². The molecule has 2 bridgehead atoms. The number of benzene rings is 1. The summed E-state index contributed by atoms with van der Waals surface area (Å²) in [5, 5.41) is 0.408. The topological polar surface area (TPSA) is 84.6 Å². The highest BCUT2D eigenvalue weighted by Crippen LogP contribution is 2.38. The summed E-state index contributed by atoms with van der Waals surface area (Å²) >= 11 is 5.87. The number of alkyl halides is 1. The molecule has 0 saturated carbocycles. The number of fused-ring (bicyclic) bond motifs is 2. The molecule has 0 radical (unpaired) electrons. The number of rotatable bonds is 6. The average molecular weight is 490 g/mol. The van der Waals surface area contributed by atoms with Crippen LogP contribution in [0.25, 0.3) is 5.57 Å². The van der Waals surface area contributed by atoms with Gasteiger partial charge >= 0.3 is 0 Å². The number of amides is 1. The first-order valence-corrected chi connectivity index (χ1v) is 11.8. The summed E-state index contributed by atoms with van der Waals surface area (Å²) in [5.41, 5.74) is 7.63. The lowest BCUT2D eigenvalue weighted by molar-refractivity contribution is 0.0447. The molecule has 1 aromatic carbocycles. The third-order valence-corrected chi connectivity index (χ3v) is 7.12. The second kappa shape index (κ2) is 9.46. The Morgan fingerprint density at radius 2 is 1.88 bits per heavy atom. The van der Waals surface area contributed by atoms with E-state index in [0.717, 1.165) is 25.7 Å². The van der Waals surface area contributed by atoms with Gasteiger partial charge in [-0.1, -0.05) is 11.6 Å². The predicted octanol–water partition coefficient (Wildman–Crippen LogP) is 3.44. The van der Waals surface area contributed by atoms with E-state index in [2.05, 4.69) is 14.9 Å². The van der Waals surface area contributed by atoms with E-state index in [9.17, 15) is 13.6 Å². The van der Waals surface area contributed by atoms with Crippen molar-refractivity contribution in [1.82, 2.24) is 19.8 Å². The fourth-order valence-electron chi connectivity index (χ4n) is 5.38. The van der Waals surface area contributed by atoms with E-state index in [1.54, 1.807) is 4.90 Å². The molecule has 2 aromatic rings. The normalized spacial score (nSPS) is 24.7. The van der Waals surface area contributed by atoms with Crippen LogP contribution < -0.4 is 10.5 Å². The Morgan fingerprint density at radius 1 is 1.18 bits per heavy atom. The molecule has 10 heteroatoms. The van der Waals surface area contributed by atoms with Crippen molar-refractivity contribution in [2.75, 3.05) is 26.3 Å². The first-order chi connectivity index (χ1) is 16.4. The summed E-state index contributed by atoms with van der Waals surface area (Å²) in [6.07, 6.45) is 6.29. The zero-order valence-electron chi connectivity index (χ0n) is 18.6. The number of hydrogen-bond acceptors (Lipinski definition) is 6. The van der Waals surface area contributed by atoms with Gasteiger partial charge in [-0.2, -0.15) is 0 Å². The summed E-state index contributed by atoms with van der Waals surface area (Å²) < 4.78 is 33.3. The fraction of sp³-hybridized carbons (Fsp3) is 0.458. The maximum atomic E-state index is 14.1. The summed E-state index contributed by atoms with van der Waals surface area (Å²) in [5.74, 6) is -0.134. The fourth-order valence-corrected chi connectivity index (χ4v) is 5.48. The molecule has 3 atom stereocenters. The molecule has 1 unspecified atom stereocenters. The van der Waals surface area contributed by atoms with Gasteiger partial charge in [-0.3, -0.25) is 9.69 Å². The number of hydrogen-bond donors (Lipinski definition) is 1. The van der Waals surface area contributed by atoms with E-state index in [4.69, 9.17) is 22.1 Å². The van der Waals surface area contributed by atoms with Gasteiger partial charge in [-0.05, 0) is 37.8 Å². The molecule has 4 heterocycles. The molecule has 3 aliphatic heterocycles. The Kier molecular flexibility index (Phi) is 6.40. The van der Waals surface area contributed by atoms with Crippen LogP contribution in [0.5, 0.6) is 5.75 Å². The van der Waals surface area contributed by atoms with Crippen molar-refractivity contribution in [2.24, 2.45) is 5.73 Å². The SMILES string of the molecule is NC1=C(c2ncc(Cl)cn2)CN(C(=O)c2ccc(F)cc2OC2C[C@H]3CC[C@@H](C2)N3CCF)C1. The number of nitrogens with two attached hydrogens (primary N) is 1. The van der Waals surface area contributed by atoms with Gasteiger partial charge in [0.15, 0.2) is 5.82 Å². The molecule has 0 spiro atoms. The van der Waals surface area contributed by atoms with Crippen LogP contribution in [0.2, 0.25) is 5.02 Å². The lowest BCUT2D eigenvalue weighted by Gasteiger charge is -2.38. The van der Waals surface area contributed by atoms with Gasteiger partial charge in [0.05, 0.1) is 23.7 Å². The van der Waals surface area contributed by atoms with Gasteiger partial charge in [0.1, 0.15) is 24.3 Å². The molecule has 2 N–H and O–H groups in total. The first kappa shape index (κ1) is 23.0. The van der Waals surface area contributed by atoms with Crippen molar-refractivity contribution in [2.45, 2.75) is 43.9 Å². The number of aromatic nitrogens is 2. The third-order valence-electron chi connectivity index (χ3n) is 6.93. The van der Waals surface area contributed by atoms with Crippen LogP contribution in [-0.2, 0) is 0 Å². The molecule has 3 aliphatic rings. The van der Waals surface area contributed by atoms with Crippen LogP contribution in [0.1, 0.15) is 41.9 Å². The summed E-state index contributed by atoms with van der Waals surface area (Å²) in [7, 11) is 0. The molecule has 2 fully saturated rings. The second-order valence-electron chi connectivity index (χ2n) is 9.05. The van der Waals surface area contributed by atoms with Crippen LogP contribution in [0.3, 0.4) is 0 Å². The molecular formula is C24H26ClF2N5O2. The highest BCUT2D eigenvalue weighted by atomic mass is 35.5. The van der Waals surface area contributed by atoms with Crippen LogP contribution in [0.15, 0.2) is 36.3 Å². The number of nitrogens with zero attached hydrogens (tertiary/aromatic N) is 4. The minimum atomic E-state index is -0.473. The Bertz CT molecular complexity index is 1100. The van der Waals surface area contributed by atoms with Gasteiger partial charge < -0.3 is 15.4 Å². The smallest absolute Gasteiger partial charge is 0.258 e. The highest BCUT2D eigenvalue weighted by Gasteiger charge is 2.41. The van der Waals surface area contributed by atoms with Crippen molar-refractivity contribution in [3.05, 3.63) is 58.5 Å². The minimum Gasteiger partial charge on any atom is -0.489 e. The lowest BCUT2D eigenvalue weighted by atomic mass is 9.99. The van der Waals surface area contributed by atoms with Crippen molar-refractivity contribution < 1.29 is 18.3 Å². The summed E-state index contributed by atoms with van der Waals surface area (Å²) in [6.45, 7) is 0.517. The van der Waals surface area contributed by atoms with E-state index < -0.39 is 5.82 Å². The average Bonchev–Trinajstić information content (AvgIpc) is 3.30. The van der Waals surface area contributed by atoms with Gasteiger partial charge in [0.25, 0.3) is 5.91 Å². The third kappa shape index (κ3) is 4.46. The van der Waals surface area contributed by atoms with Crippen LogP contribution in [0.4, 0.5) is 8.78 Å². The summed E-state index contributed by atoms with van der Waals surface area (Å²) in [6, 6.07) is 4.49. The summed E-state index contributed by atoms with van der Waals surface area (Å²) in [4.78, 5) is 25.6. The molecule has 1 amide bonds. The highest BCUT2D eigenvalue weighted by molar-refractivity contribution is 6.30. The van der Waals surface area contributed by atoms with E-state index >= 15 is 0 Å². The van der Waals surface area contributed by atoms with E-state index in [1.165, 1.54) is 30.6 Å². The van der Waals surface area contributed by atoms with Crippen LogP contribution in [0, 0.1) is 5.82 Å². The maximum Gasteiger partial charge on any atom is 0.258 e. The number of carbonyl (C=O) groups excluding carboxylic acids is 1. The standard InChI is InChI=1S/C24H26ClF2N5O2/c25-14-10-29-23(30-11-14)20-12-31(13-21(20)28)24(33)19-4-1-15(27)7-22(19)34-18-8-16-2-3-17(9-18)32(16)6-5-26/h1,4,7,10-11,16-18H,2-3,5-6,8-9,12-13,28H2/t16-,17+,18?. The van der Waals surface area contributed by atoms with Crippen molar-refractivity contribution >= 4 is 23.1 Å². The Balaban J connectivity index is 1.31. The van der Waals surface area contributed by atoms with E-state index in [0.29, 0.717) is 28.7 Å². The molecule has 7 nitrogen and oxygen atoms in total. The Labute approximate surface area is 201 Å². The van der Waals surface area contributed by atoms with Gasteiger partial charge in [-0.25, -0.2) is 18.7 Å². The number of carbonyl (C=O) groups is 1. The van der Waals surface area contributed by atoms with Crippen molar-refractivity contribution in [3.8, 4) is 5.75 Å². The van der Waals surface area contributed by atoms with E-state index in [-0.39, 0.29) is 55.2 Å². The maximum absolute atomic E-state index is 14.1. The molecule has 180 valence electrons. The van der Waals surface area contributed by atoms with Crippen molar-refractivity contribution in [3.63, 3.8) is 0 Å². The molecule has 2 saturated heterocycles. The molecule has 1 aromatic heterocycles. The molecule has 34 heavy (non-hydrogen) atoms. The Morgan fingerprint density at radius 3 is 2.56 bits per heavy atom. The monoisotopic (exact) mass is 489 g/mol. The van der Waals surface area contributed by atoms with E-state index in [1.807, 2.05) is 0 Å². The first-order valence-electron chi connectivity index (χ1n) is 11.5. The van der Waals surface area contributed by atoms with Crippen molar-refractivity contribution in [1.29, 1.82) is 0 Å². The van der Waals surface area contributed by atoms with Crippen LogP contribution >= 0.6 is 11.6 Å². The molecule has 5 rings (SSSR count). The minimum absolute atomic E-state index is 0.151.